The summed E-state index contributed by atoms with van der Waals surface area (Å²) < 4.78 is 116. The first-order chi connectivity index (χ1) is 50.1. The molecule has 0 amide bonds. The number of rotatable bonds is 21. The normalized spacial score (nSPS) is 11.8. The lowest BCUT2D eigenvalue weighted by Gasteiger charge is -2.15. The molecular weight excluding hydrogens is 1370 g/mol. The van der Waals surface area contributed by atoms with Gasteiger partial charge in [0.2, 0.25) is 17.8 Å². The molecule has 0 bridgehead atoms. The van der Waals surface area contributed by atoms with E-state index in [1.807, 2.05) is 94.4 Å². The van der Waals surface area contributed by atoms with Crippen molar-refractivity contribution in [3.63, 3.8) is 0 Å². The number of anilines is 12. The zero-order chi connectivity index (χ0) is 75.0. The molecule has 6 heterocycles. The number of nitrogens with zero attached hydrogens (tertiary/aromatic N) is 13. The lowest BCUT2D eigenvalue weighted by molar-refractivity contribution is -0.138. The van der Waals surface area contributed by atoms with E-state index in [1.165, 1.54) is 55.4 Å². The Morgan fingerprint density at radius 2 is 0.743 bits per heavy atom. The second-order valence-corrected chi connectivity index (χ2v) is 24.6. The van der Waals surface area contributed by atoms with E-state index in [2.05, 4.69) is 131 Å². The minimum Gasteiger partial charge on any atom is -0.383 e. The molecule has 0 fully saturated rings. The summed E-state index contributed by atoms with van der Waals surface area (Å²) in [5, 5.41) is 31.0. The number of aryl methyl sites for hydroxylation is 3. The molecule has 540 valence electrons. The maximum Gasteiger partial charge on any atom is 0.416 e. The van der Waals surface area contributed by atoms with Gasteiger partial charge in [-0.25, -0.2) is 46.2 Å². The first-order valence-corrected chi connectivity index (χ1v) is 32.7. The van der Waals surface area contributed by atoms with Crippen molar-refractivity contribution >= 4 is 120 Å². The number of fused-ring (bicyclic) bond motifs is 3. The van der Waals surface area contributed by atoms with Crippen LogP contribution in [-0.2, 0) is 18.5 Å². The Morgan fingerprint density at radius 1 is 0.400 bits per heavy atom. The highest BCUT2D eigenvalue weighted by Gasteiger charge is 2.32. The smallest absolute Gasteiger partial charge is 0.383 e. The first-order valence-electron chi connectivity index (χ1n) is 32.7. The number of halogens is 9. The van der Waals surface area contributed by atoms with Gasteiger partial charge in [0, 0.05) is 59.9 Å². The molecule has 0 spiro atoms. The van der Waals surface area contributed by atoms with Crippen LogP contribution in [0.1, 0.15) is 78.5 Å². The lowest BCUT2D eigenvalue weighted by atomic mass is 10.1. The van der Waals surface area contributed by atoms with Crippen LogP contribution in [0.25, 0.3) is 32.7 Å². The highest BCUT2D eigenvalue weighted by atomic mass is 19.4. The number of hydrogen-bond acceptors (Lipinski definition) is 21. The molecule has 0 saturated heterocycles. The van der Waals surface area contributed by atoms with E-state index in [0.29, 0.717) is 75.0 Å². The Labute approximate surface area is 598 Å². The van der Waals surface area contributed by atoms with Crippen LogP contribution >= 0.6 is 0 Å². The van der Waals surface area contributed by atoms with E-state index in [9.17, 15) is 39.5 Å². The van der Waals surface area contributed by atoms with Gasteiger partial charge >= 0.3 is 18.5 Å². The summed E-state index contributed by atoms with van der Waals surface area (Å²) in [5.74, 6) is 1.56. The van der Waals surface area contributed by atoms with Gasteiger partial charge in [-0.1, -0.05) is 68.4 Å². The van der Waals surface area contributed by atoms with Gasteiger partial charge in [-0.05, 0) is 150 Å². The van der Waals surface area contributed by atoms with Crippen LogP contribution in [0.15, 0.2) is 198 Å². The fourth-order valence-corrected chi connectivity index (χ4v) is 10.3. The van der Waals surface area contributed by atoms with E-state index in [0.717, 1.165) is 110 Å². The molecule has 0 aliphatic rings. The summed E-state index contributed by atoms with van der Waals surface area (Å²) in [6.07, 6.45) is -4.12. The third kappa shape index (κ3) is 21.0. The number of para-hydroxylation sites is 3. The molecule has 0 saturated carbocycles. The lowest BCUT2D eigenvalue weighted by Crippen LogP contribution is -2.11. The van der Waals surface area contributed by atoms with E-state index >= 15 is 0 Å². The second-order valence-electron chi connectivity index (χ2n) is 24.6. The fourth-order valence-electron chi connectivity index (χ4n) is 10.3. The van der Waals surface area contributed by atoms with Crippen LogP contribution in [0.5, 0.6) is 0 Å². The average Bonchev–Trinajstić information content (AvgIpc) is 0.798. The number of pyridine rings is 3. The Morgan fingerprint density at radius 3 is 1.09 bits per heavy atom. The van der Waals surface area contributed by atoms with Gasteiger partial charge < -0.3 is 31.5 Å². The summed E-state index contributed by atoms with van der Waals surface area (Å²) in [7, 11) is 3.91. The van der Waals surface area contributed by atoms with Crippen molar-refractivity contribution in [2.45, 2.75) is 73.0 Å². The van der Waals surface area contributed by atoms with Crippen LogP contribution in [0, 0.1) is 26.7 Å². The molecule has 0 aliphatic carbocycles. The summed E-state index contributed by atoms with van der Waals surface area (Å²) >= 11 is 0. The molecule has 0 atom stereocenters. The predicted octanol–water partition coefficient (Wildman–Crippen LogP) is 18.6. The monoisotopic (exact) mass is 1440 g/mol. The molecule has 30 heteroatoms. The van der Waals surface area contributed by atoms with Gasteiger partial charge in [-0.2, -0.15) is 54.8 Å². The molecule has 6 aromatic carbocycles. The Bertz CT molecular complexity index is 5050. The van der Waals surface area contributed by atoms with Crippen LogP contribution in [0.4, 0.5) is 109 Å². The molecule has 12 rings (SSSR count). The van der Waals surface area contributed by atoms with Crippen molar-refractivity contribution < 1.29 is 39.5 Å². The molecule has 21 nitrogen and oxygen atoms in total. The molecule has 0 unspecified atom stereocenters. The number of hydrogen-bond donors (Lipinski definition) is 8. The van der Waals surface area contributed by atoms with Gasteiger partial charge in [0.25, 0.3) is 0 Å². The first kappa shape index (κ1) is 75.0. The van der Waals surface area contributed by atoms with Crippen LogP contribution in [-0.4, -0.2) is 90.2 Å². The number of aromatic nitrogens is 9. The Balaban J connectivity index is 0.000000169. The number of hydrazone groups is 3. The van der Waals surface area contributed by atoms with Gasteiger partial charge in [0.1, 0.15) is 0 Å². The average molecular weight is 1440 g/mol. The molecule has 12 aromatic rings. The van der Waals surface area contributed by atoms with Crippen molar-refractivity contribution in [3.8, 4) is 0 Å². The largest absolute Gasteiger partial charge is 0.416 e. The van der Waals surface area contributed by atoms with Crippen molar-refractivity contribution in [1.29, 1.82) is 0 Å². The second kappa shape index (κ2) is 33.4. The number of benzene rings is 6. The third-order valence-electron chi connectivity index (χ3n) is 15.2. The van der Waals surface area contributed by atoms with Crippen LogP contribution in [0.3, 0.4) is 0 Å². The van der Waals surface area contributed by atoms with Gasteiger partial charge in [-0.3, -0.25) is 15.0 Å². The molecule has 105 heavy (non-hydrogen) atoms. The Hall–Kier alpha value is -12.6. The van der Waals surface area contributed by atoms with E-state index < -0.39 is 35.2 Å². The zero-order valence-electron chi connectivity index (χ0n) is 58.1. The minimum absolute atomic E-state index is 0.252. The maximum atomic E-state index is 12.9. The Kier molecular flexibility index (Phi) is 23.9. The van der Waals surface area contributed by atoms with Crippen LogP contribution in [0.2, 0.25) is 0 Å². The van der Waals surface area contributed by atoms with Crippen molar-refractivity contribution in [2.24, 2.45) is 21.2 Å². The van der Waals surface area contributed by atoms with Gasteiger partial charge in [0.05, 0.1) is 139 Å². The minimum atomic E-state index is -4.40. The molecule has 0 aliphatic heterocycles. The van der Waals surface area contributed by atoms with Crippen molar-refractivity contribution in [3.05, 3.63) is 233 Å². The van der Waals surface area contributed by atoms with E-state index in [1.54, 1.807) is 54.6 Å². The van der Waals surface area contributed by atoms with Gasteiger partial charge in [-0.15, -0.1) is 0 Å². The molecular formula is C75H72F9N21. The maximum absolute atomic E-state index is 12.9. The molecule has 8 N–H and O–H groups in total. The van der Waals surface area contributed by atoms with E-state index in [4.69, 9.17) is 0 Å². The summed E-state index contributed by atoms with van der Waals surface area (Å²) in [6.45, 7) is 15.0. The molecule has 6 aromatic heterocycles. The van der Waals surface area contributed by atoms with E-state index in [-0.39, 0.29) is 6.04 Å². The standard InChI is InChI=1S/C26H26F3N7.C25H24F3N7.C24H22F3N7/c1-16(2)13-31-23-9-5-8-22-17(3)33-25(35-24(22)23)36-32-15-20-10-11-21(14-30-20)34-19-7-4-6-18(12-19)26(27,28)29;1-15(2)31-22-9-5-8-21-16(3)32-24(34-23(21)22)35-30-14-19-10-11-20(13-29-19)33-18-7-4-6-17(12-18)25(26,27)28;1-15-20-8-5-9-21(34(2)3)22(20)32-23(30-15)33-29-14-18-10-11-19(13-28-18)31-17-7-4-6-16(12-17)24(25,26)27/h4-12,14-16,31,34H,13H2,1-3H3,(H,33,35,36);4-15,31,33H,1-3H3,(H,32,34,35);4-14,31H,1-3H3,(H,30,32,33)/b32-15+;30-14+;29-14+. The molecule has 0 radical (unpaired) electrons. The number of alkyl halides is 9. The fraction of sp³-hybridized carbons (Fsp3) is 0.200. The van der Waals surface area contributed by atoms with Crippen LogP contribution < -0.4 is 47.8 Å². The van der Waals surface area contributed by atoms with Gasteiger partial charge in [0.15, 0.2) is 0 Å². The van der Waals surface area contributed by atoms with Crippen molar-refractivity contribution in [2.75, 3.05) is 68.4 Å². The third-order valence-corrected chi connectivity index (χ3v) is 15.2. The SMILES string of the molecule is Cc1nc(N/N=C/c2ccc(Nc3cccc(C(F)(F)F)c3)cn2)nc2c(N(C)C)cccc12.Cc1nc(N/N=C/c2ccc(Nc3cccc(C(F)(F)F)c3)cn2)nc2c(NC(C)C)cccc12.Cc1nc(N/N=C/c2ccc(Nc3cccc(C(F)(F)F)c3)cn2)nc2c(NCC(C)C)cccc12. The zero-order valence-corrected chi connectivity index (χ0v) is 58.1. The topological polar surface area (TPSA) is 253 Å². The number of nitrogens with one attached hydrogen (secondary N) is 8. The highest BCUT2D eigenvalue weighted by molar-refractivity contribution is 5.95. The summed E-state index contributed by atoms with van der Waals surface area (Å²) in [4.78, 5) is 42.0. The summed E-state index contributed by atoms with van der Waals surface area (Å²) in [5.41, 5.74) is 18.4. The highest BCUT2D eigenvalue weighted by Crippen LogP contribution is 2.35. The quantitative estimate of drug-likeness (QED) is 0.0189. The predicted molar refractivity (Wildman–Crippen MR) is 400 cm³/mol. The summed E-state index contributed by atoms with van der Waals surface area (Å²) in [6, 6.07) is 43.2. The van der Waals surface area contributed by atoms with Crippen molar-refractivity contribution in [1.82, 2.24) is 44.9 Å².